The number of hydrogen-bond donors (Lipinski definition) is 2. The lowest BCUT2D eigenvalue weighted by molar-refractivity contribution is 0.472. The van der Waals surface area contributed by atoms with Crippen molar-refractivity contribution in [1.29, 1.82) is 0 Å². The largest absolute Gasteiger partial charge is 0.508 e. The van der Waals surface area contributed by atoms with Gasteiger partial charge in [0.2, 0.25) is 0 Å². The maximum Gasteiger partial charge on any atom is 0.138 e. The van der Waals surface area contributed by atoms with Gasteiger partial charge in [-0.15, -0.1) is 0 Å². The Kier molecular flexibility index (Phi) is 2.49. The van der Waals surface area contributed by atoms with Crippen molar-refractivity contribution in [3.63, 3.8) is 0 Å². The third-order valence-electron chi connectivity index (χ3n) is 3.00. The molecular formula is C14H11ClN2O. The lowest BCUT2D eigenvalue weighted by Gasteiger charge is -1.96. The van der Waals surface area contributed by atoms with Crippen LogP contribution >= 0.6 is 11.6 Å². The molecule has 0 aliphatic carbocycles. The van der Waals surface area contributed by atoms with Crippen LogP contribution in [0.15, 0.2) is 36.4 Å². The van der Waals surface area contributed by atoms with Gasteiger partial charge in [-0.2, -0.15) is 0 Å². The highest BCUT2D eigenvalue weighted by atomic mass is 35.5. The van der Waals surface area contributed by atoms with Gasteiger partial charge in [-0.25, -0.2) is 4.98 Å². The van der Waals surface area contributed by atoms with Crippen molar-refractivity contribution in [3.8, 4) is 17.1 Å². The average molecular weight is 259 g/mol. The van der Waals surface area contributed by atoms with E-state index in [4.69, 9.17) is 11.6 Å². The molecule has 3 aromatic rings. The number of aromatic nitrogens is 2. The van der Waals surface area contributed by atoms with E-state index in [2.05, 4.69) is 9.97 Å². The van der Waals surface area contributed by atoms with Crippen molar-refractivity contribution in [2.45, 2.75) is 6.92 Å². The number of H-pyrrole nitrogens is 1. The van der Waals surface area contributed by atoms with Crippen LogP contribution in [0.2, 0.25) is 5.02 Å². The fraction of sp³-hybridized carbons (Fsp3) is 0.0714. The maximum atomic E-state index is 9.66. The first-order valence-corrected chi connectivity index (χ1v) is 5.97. The predicted molar refractivity (Wildman–Crippen MR) is 72.9 cm³/mol. The van der Waals surface area contributed by atoms with Gasteiger partial charge in [-0.1, -0.05) is 11.6 Å². The summed E-state index contributed by atoms with van der Waals surface area (Å²) in [6.07, 6.45) is 0. The van der Waals surface area contributed by atoms with Gasteiger partial charge < -0.3 is 10.1 Å². The molecule has 0 saturated carbocycles. The van der Waals surface area contributed by atoms with Gasteiger partial charge in [0, 0.05) is 16.1 Å². The van der Waals surface area contributed by atoms with Crippen molar-refractivity contribution >= 4 is 22.6 Å². The Morgan fingerprint density at radius 2 is 1.83 bits per heavy atom. The van der Waals surface area contributed by atoms with E-state index < -0.39 is 0 Å². The molecule has 90 valence electrons. The molecule has 0 spiro atoms. The fourth-order valence-electron chi connectivity index (χ4n) is 1.95. The van der Waals surface area contributed by atoms with Crippen LogP contribution < -0.4 is 0 Å². The van der Waals surface area contributed by atoms with Crippen molar-refractivity contribution in [2.24, 2.45) is 0 Å². The summed E-state index contributed by atoms with van der Waals surface area (Å²) in [6, 6.07) is 11.0. The molecule has 0 bridgehead atoms. The SMILES string of the molecule is Cc1c(O)ccc2[nH]c(-c3ccc(Cl)cc3)nc12. The lowest BCUT2D eigenvalue weighted by atomic mass is 10.2. The van der Waals surface area contributed by atoms with Crippen LogP contribution in [0.25, 0.3) is 22.4 Å². The number of fused-ring (bicyclic) bond motifs is 1. The number of rotatable bonds is 1. The minimum absolute atomic E-state index is 0.261. The van der Waals surface area contributed by atoms with Crippen molar-refractivity contribution < 1.29 is 5.11 Å². The van der Waals surface area contributed by atoms with E-state index in [1.54, 1.807) is 6.07 Å². The smallest absolute Gasteiger partial charge is 0.138 e. The van der Waals surface area contributed by atoms with Crippen molar-refractivity contribution in [1.82, 2.24) is 9.97 Å². The number of aromatic hydroxyl groups is 1. The quantitative estimate of drug-likeness (QED) is 0.695. The topological polar surface area (TPSA) is 48.9 Å². The second-order valence-electron chi connectivity index (χ2n) is 4.20. The van der Waals surface area contributed by atoms with Crippen molar-refractivity contribution in [2.75, 3.05) is 0 Å². The molecule has 0 atom stereocenters. The Morgan fingerprint density at radius 3 is 2.56 bits per heavy atom. The number of aromatic amines is 1. The minimum atomic E-state index is 0.261. The summed E-state index contributed by atoms with van der Waals surface area (Å²) >= 11 is 5.86. The summed E-state index contributed by atoms with van der Waals surface area (Å²) in [5.74, 6) is 1.03. The van der Waals surface area contributed by atoms with E-state index in [0.717, 1.165) is 28.0 Å². The number of nitrogens with zero attached hydrogens (tertiary/aromatic N) is 1. The standard InChI is InChI=1S/C14H11ClN2O/c1-8-12(18)7-6-11-13(8)17-14(16-11)9-2-4-10(15)5-3-9/h2-7,18H,1H3,(H,16,17). The highest BCUT2D eigenvalue weighted by Gasteiger charge is 2.09. The molecule has 2 N–H and O–H groups in total. The summed E-state index contributed by atoms with van der Waals surface area (Å²) in [6.45, 7) is 1.85. The molecule has 1 aromatic heterocycles. The zero-order chi connectivity index (χ0) is 12.7. The molecule has 1 heterocycles. The third-order valence-corrected chi connectivity index (χ3v) is 3.25. The van der Waals surface area contributed by atoms with Crippen LogP contribution in [-0.4, -0.2) is 15.1 Å². The number of halogens is 1. The molecule has 3 nitrogen and oxygen atoms in total. The molecule has 0 fully saturated rings. The van der Waals surface area contributed by atoms with E-state index in [1.807, 2.05) is 37.3 Å². The number of imidazole rings is 1. The van der Waals surface area contributed by atoms with Gasteiger partial charge in [0.15, 0.2) is 0 Å². The van der Waals surface area contributed by atoms with Gasteiger partial charge in [0.05, 0.1) is 11.0 Å². The summed E-state index contributed by atoms with van der Waals surface area (Å²) in [5, 5.41) is 10.4. The average Bonchev–Trinajstić information content (AvgIpc) is 2.80. The van der Waals surface area contributed by atoms with Crippen LogP contribution in [0.5, 0.6) is 5.75 Å². The van der Waals surface area contributed by atoms with Gasteiger partial charge in [0.1, 0.15) is 11.6 Å². The van der Waals surface area contributed by atoms with Crippen LogP contribution in [-0.2, 0) is 0 Å². The first-order chi connectivity index (χ1) is 8.65. The molecule has 2 aromatic carbocycles. The number of nitrogens with one attached hydrogen (secondary N) is 1. The summed E-state index contributed by atoms with van der Waals surface area (Å²) in [7, 11) is 0. The molecule has 4 heteroatoms. The normalized spacial score (nSPS) is 11.0. The number of benzene rings is 2. The molecule has 0 unspecified atom stereocenters. The Morgan fingerprint density at radius 1 is 1.11 bits per heavy atom. The van der Waals surface area contributed by atoms with E-state index in [-0.39, 0.29) is 5.75 Å². The Bertz CT molecular complexity index is 716. The summed E-state index contributed by atoms with van der Waals surface area (Å²) in [5.41, 5.74) is 3.45. The highest BCUT2D eigenvalue weighted by molar-refractivity contribution is 6.30. The van der Waals surface area contributed by atoms with Gasteiger partial charge in [0.25, 0.3) is 0 Å². The van der Waals surface area contributed by atoms with Crippen LogP contribution in [0.3, 0.4) is 0 Å². The fourth-order valence-corrected chi connectivity index (χ4v) is 2.07. The predicted octanol–water partition coefficient (Wildman–Crippen LogP) is 3.90. The van der Waals surface area contributed by atoms with E-state index in [9.17, 15) is 5.11 Å². The molecule has 18 heavy (non-hydrogen) atoms. The van der Waals surface area contributed by atoms with Gasteiger partial charge >= 0.3 is 0 Å². The van der Waals surface area contributed by atoms with Gasteiger partial charge in [-0.05, 0) is 43.3 Å². The number of hydrogen-bond acceptors (Lipinski definition) is 2. The third kappa shape index (κ3) is 1.73. The molecule has 0 aliphatic heterocycles. The first kappa shape index (κ1) is 11.1. The summed E-state index contributed by atoms with van der Waals surface area (Å²) < 4.78 is 0. The van der Waals surface area contributed by atoms with Crippen LogP contribution in [0.1, 0.15) is 5.56 Å². The first-order valence-electron chi connectivity index (χ1n) is 5.59. The van der Waals surface area contributed by atoms with Crippen LogP contribution in [0.4, 0.5) is 0 Å². The van der Waals surface area contributed by atoms with E-state index in [0.29, 0.717) is 5.02 Å². The number of phenols is 1. The molecule has 0 aliphatic rings. The number of phenolic OH excluding ortho intramolecular Hbond substituents is 1. The molecule has 0 saturated heterocycles. The monoisotopic (exact) mass is 258 g/mol. The zero-order valence-electron chi connectivity index (χ0n) is 9.74. The zero-order valence-corrected chi connectivity index (χ0v) is 10.5. The minimum Gasteiger partial charge on any atom is -0.508 e. The van der Waals surface area contributed by atoms with E-state index >= 15 is 0 Å². The van der Waals surface area contributed by atoms with Crippen LogP contribution in [0, 0.1) is 6.92 Å². The molecular weight excluding hydrogens is 248 g/mol. The van der Waals surface area contributed by atoms with E-state index in [1.165, 1.54) is 0 Å². The summed E-state index contributed by atoms with van der Waals surface area (Å²) in [4.78, 5) is 7.75. The van der Waals surface area contributed by atoms with Crippen molar-refractivity contribution in [3.05, 3.63) is 47.0 Å². The Labute approximate surface area is 109 Å². The second kappa shape index (κ2) is 4.03. The highest BCUT2D eigenvalue weighted by Crippen LogP contribution is 2.27. The Balaban J connectivity index is 2.19. The lowest BCUT2D eigenvalue weighted by Crippen LogP contribution is -1.79. The Hall–Kier alpha value is -2.00. The molecule has 0 amide bonds. The maximum absolute atomic E-state index is 9.66. The van der Waals surface area contributed by atoms with Gasteiger partial charge in [-0.3, -0.25) is 0 Å². The second-order valence-corrected chi connectivity index (χ2v) is 4.63. The molecule has 3 rings (SSSR count). The molecule has 0 radical (unpaired) electrons. The number of aryl methyl sites for hydroxylation is 1.